The van der Waals surface area contributed by atoms with Crippen LogP contribution in [0.1, 0.15) is 37.8 Å². The second-order valence-electron chi connectivity index (χ2n) is 4.45. The maximum atomic E-state index is 11.8. The van der Waals surface area contributed by atoms with Gasteiger partial charge in [0.15, 0.2) is 0 Å². The van der Waals surface area contributed by atoms with Crippen molar-refractivity contribution in [3.05, 3.63) is 18.2 Å². The summed E-state index contributed by atoms with van der Waals surface area (Å²) in [7, 11) is 0. The molecule has 1 amide bonds. The minimum Gasteiger partial charge on any atom is -0.355 e. The normalized spacial score (nSPS) is 16.2. The molecule has 5 heteroatoms. The van der Waals surface area contributed by atoms with Crippen molar-refractivity contribution in [2.24, 2.45) is 5.92 Å². The van der Waals surface area contributed by atoms with Crippen LogP contribution >= 0.6 is 12.4 Å². The zero-order chi connectivity index (χ0) is 11.2. The number of amides is 1. The Morgan fingerprint density at radius 3 is 2.82 bits per heavy atom. The van der Waals surface area contributed by atoms with Crippen LogP contribution < -0.4 is 5.32 Å². The van der Waals surface area contributed by atoms with Gasteiger partial charge in [0, 0.05) is 30.8 Å². The lowest BCUT2D eigenvalue weighted by Crippen LogP contribution is -2.33. The van der Waals surface area contributed by atoms with Crippen LogP contribution in [0.5, 0.6) is 0 Å². The number of aromatic nitrogens is 2. The molecule has 1 saturated carbocycles. The highest BCUT2D eigenvalue weighted by Gasteiger charge is 2.20. The van der Waals surface area contributed by atoms with E-state index in [1.165, 1.54) is 19.3 Å². The molecule has 1 aliphatic carbocycles. The summed E-state index contributed by atoms with van der Waals surface area (Å²) in [5.74, 6) is 0.495. The maximum Gasteiger partial charge on any atom is 0.223 e. The lowest BCUT2D eigenvalue weighted by molar-refractivity contribution is -0.125. The predicted octanol–water partition coefficient (Wildman–Crippen LogP) is 2.07. The van der Waals surface area contributed by atoms with E-state index in [1.807, 2.05) is 0 Å². The molecule has 0 aliphatic heterocycles. The molecule has 0 saturated heterocycles. The van der Waals surface area contributed by atoms with Crippen molar-refractivity contribution >= 4 is 18.3 Å². The number of carbonyl (C=O) groups is 1. The first-order valence-electron chi connectivity index (χ1n) is 6.11. The first-order chi connectivity index (χ1) is 7.86. The van der Waals surface area contributed by atoms with E-state index in [2.05, 4.69) is 15.3 Å². The molecule has 1 heterocycles. The van der Waals surface area contributed by atoms with Gasteiger partial charge in [-0.25, -0.2) is 4.98 Å². The van der Waals surface area contributed by atoms with E-state index in [1.54, 1.807) is 12.5 Å². The van der Waals surface area contributed by atoms with Crippen molar-refractivity contribution in [3.8, 4) is 0 Å². The average Bonchev–Trinajstić information content (AvgIpc) is 2.83. The third-order valence-corrected chi connectivity index (χ3v) is 3.22. The topological polar surface area (TPSA) is 57.8 Å². The van der Waals surface area contributed by atoms with Gasteiger partial charge < -0.3 is 10.3 Å². The van der Waals surface area contributed by atoms with Gasteiger partial charge in [0.25, 0.3) is 0 Å². The van der Waals surface area contributed by atoms with Crippen LogP contribution in [0.2, 0.25) is 0 Å². The van der Waals surface area contributed by atoms with Gasteiger partial charge in [-0.05, 0) is 12.8 Å². The van der Waals surface area contributed by atoms with E-state index in [9.17, 15) is 4.79 Å². The van der Waals surface area contributed by atoms with Crippen LogP contribution in [0, 0.1) is 5.92 Å². The molecule has 1 aromatic heterocycles. The molecule has 0 radical (unpaired) electrons. The summed E-state index contributed by atoms with van der Waals surface area (Å²) < 4.78 is 0. The fourth-order valence-corrected chi connectivity index (χ4v) is 2.25. The van der Waals surface area contributed by atoms with Crippen molar-refractivity contribution in [3.63, 3.8) is 0 Å². The van der Waals surface area contributed by atoms with Crippen LogP contribution in [-0.2, 0) is 11.2 Å². The van der Waals surface area contributed by atoms with Gasteiger partial charge in [-0.1, -0.05) is 19.3 Å². The molecule has 0 bridgehead atoms. The van der Waals surface area contributed by atoms with Gasteiger partial charge in [0.2, 0.25) is 5.91 Å². The number of imidazole rings is 1. The van der Waals surface area contributed by atoms with E-state index in [0.717, 1.165) is 25.0 Å². The lowest BCUT2D eigenvalue weighted by atomic mass is 9.89. The number of H-pyrrole nitrogens is 1. The number of hydrogen-bond acceptors (Lipinski definition) is 2. The molecule has 0 aromatic carbocycles. The fraction of sp³-hybridized carbons (Fsp3) is 0.667. The van der Waals surface area contributed by atoms with Gasteiger partial charge in [-0.3, -0.25) is 4.79 Å². The first kappa shape index (κ1) is 14.0. The lowest BCUT2D eigenvalue weighted by Gasteiger charge is -2.20. The standard InChI is InChI=1S/C12H19N3O.ClH/c16-12(10-4-2-1-3-5-10)14-7-6-11-8-13-9-15-11;/h8-10H,1-7H2,(H,13,15)(H,14,16);1H. The molecule has 96 valence electrons. The van der Waals surface area contributed by atoms with Crippen LogP contribution in [0.15, 0.2) is 12.5 Å². The third kappa shape index (κ3) is 4.38. The number of nitrogens with one attached hydrogen (secondary N) is 2. The molecule has 0 unspecified atom stereocenters. The molecular weight excluding hydrogens is 238 g/mol. The van der Waals surface area contributed by atoms with Crippen molar-refractivity contribution in [2.45, 2.75) is 38.5 Å². The number of aromatic amines is 1. The van der Waals surface area contributed by atoms with E-state index < -0.39 is 0 Å². The monoisotopic (exact) mass is 257 g/mol. The molecule has 2 rings (SSSR count). The van der Waals surface area contributed by atoms with Crippen LogP contribution in [0.3, 0.4) is 0 Å². The summed E-state index contributed by atoms with van der Waals surface area (Å²) in [6, 6.07) is 0. The number of carbonyl (C=O) groups excluding carboxylic acids is 1. The van der Waals surface area contributed by atoms with E-state index in [4.69, 9.17) is 0 Å². The second kappa shape index (κ2) is 7.33. The Labute approximate surface area is 108 Å². The molecular formula is C12H20ClN3O. The highest BCUT2D eigenvalue weighted by molar-refractivity contribution is 5.85. The zero-order valence-electron chi connectivity index (χ0n) is 9.95. The highest BCUT2D eigenvalue weighted by Crippen LogP contribution is 2.23. The van der Waals surface area contributed by atoms with Gasteiger partial charge in [0.1, 0.15) is 0 Å². The van der Waals surface area contributed by atoms with E-state index >= 15 is 0 Å². The molecule has 1 fully saturated rings. The largest absolute Gasteiger partial charge is 0.355 e. The Morgan fingerprint density at radius 1 is 1.41 bits per heavy atom. The number of halogens is 1. The highest BCUT2D eigenvalue weighted by atomic mass is 35.5. The summed E-state index contributed by atoms with van der Waals surface area (Å²) in [4.78, 5) is 18.8. The quantitative estimate of drug-likeness (QED) is 0.868. The molecule has 1 aliphatic rings. The Hall–Kier alpha value is -1.03. The summed E-state index contributed by atoms with van der Waals surface area (Å²) >= 11 is 0. The van der Waals surface area contributed by atoms with Crippen molar-refractivity contribution in [1.82, 2.24) is 15.3 Å². The minimum absolute atomic E-state index is 0. The first-order valence-corrected chi connectivity index (χ1v) is 6.11. The molecule has 17 heavy (non-hydrogen) atoms. The third-order valence-electron chi connectivity index (χ3n) is 3.22. The van der Waals surface area contributed by atoms with E-state index in [0.29, 0.717) is 6.54 Å². The number of nitrogens with zero attached hydrogens (tertiary/aromatic N) is 1. The van der Waals surface area contributed by atoms with Crippen LogP contribution in [0.25, 0.3) is 0 Å². The molecule has 1 aromatic rings. The summed E-state index contributed by atoms with van der Waals surface area (Å²) in [6.45, 7) is 0.706. The van der Waals surface area contributed by atoms with Gasteiger partial charge in [-0.2, -0.15) is 0 Å². The fourth-order valence-electron chi connectivity index (χ4n) is 2.25. The SMILES string of the molecule is Cl.O=C(NCCc1cnc[nH]1)C1CCCCC1. The number of hydrogen-bond donors (Lipinski definition) is 2. The molecule has 2 N–H and O–H groups in total. The molecule has 4 nitrogen and oxygen atoms in total. The number of rotatable bonds is 4. The Kier molecular flexibility index (Phi) is 6.05. The van der Waals surface area contributed by atoms with E-state index in [-0.39, 0.29) is 24.2 Å². The van der Waals surface area contributed by atoms with Gasteiger partial charge >= 0.3 is 0 Å². The van der Waals surface area contributed by atoms with Crippen molar-refractivity contribution < 1.29 is 4.79 Å². The maximum absolute atomic E-state index is 11.8. The minimum atomic E-state index is 0. The van der Waals surface area contributed by atoms with Crippen molar-refractivity contribution in [2.75, 3.05) is 6.54 Å². The Bertz CT molecular complexity index is 321. The summed E-state index contributed by atoms with van der Waals surface area (Å²) in [5, 5.41) is 3.00. The molecule has 0 atom stereocenters. The zero-order valence-corrected chi connectivity index (χ0v) is 10.8. The Morgan fingerprint density at radius 2 is 2.18 bits per heavy atom. The smallest absolute Gasteiger partial charge is 0.223 e. The van der Waals surface area contributed by atoms with Crippen LogP contribution in [0.4, 0.5) is 0 Å². The Balaban J connectivity index is 0.00000144. The summed E-state index contributed by atoms with van der Waals surface area (Å²) in [6.07, 6.45) is 10.1. The summed E-state index contributed by atoms with van der Waals surface area (Å²) in [5.41, 5.74) is 1.07. The average molecular weight is 258 g/mol. The van der Waals surface area contributed by atoms with Crippen LogP contribution in [-0.4, -0.2) is 22.4 Å². The van der Waals surface area contributed by atoms with Gasteiger partial charge in [0.05, 0.1) is 6.33 Å². The molecule has 0 spiro atoms. The van der Waals surface area contributed by atoms with Crippen molar-refractivity contribution in [1.29, 1.82) is 0 Å². The predicted molar refractivity (Wildman–Crippen MR) is 69.1 cm³/mol. The van der Waals surface area contributed by atoms with Gasteiger partial charge in [-0.15, -0.1) is 12.4 Å². The second-order valence-corrected chi connectivity index (χ2v) is 4.45.